The van der Waals surface area contributed by atoms with Crippen LogP contribution in [0.4, 0.5) is 4.79 Å². The van der Waals surface area contributed by atoms with Crippen LogP contribution in [-0.4, -0.2) is 75.6 Å². The summed E-state index contributed by atoms with van der Waals surface area (Å²) in [7, 11) is 0. The summed E-state index contributed by atoms with van der Waals surface area (Å²) in [6.45, 7) is 4.10. The summed E-state index contributed by atoms with van der Waals surface area (Å²) < 4.78 is 23.7. The van der Waals surface area contributed by atoms with Crippen LogP contribution in [0.3, 0.4) is 0 Å². The SMILES string of the molecule is O=C(N1CCN(C(c2ccc3c(c2)COCO3)c2ccc3c(c2)COCO3)CC1)n1nnc2cnccc21. The smallest absolute Gasteiger partial charge is 0.346 e. The Morgan fingerprint density at radius 2 is 1.50 bits per heavy atom. The number of fused-ring (bicyclic) bond motifs is 3. The molecule has 0 atom stereocenters. The van der Waals surface area contributed by atoms with Gasteiger partial charge < -0.3 is 23.8 Å². The van der Waals surface area contributed by atoms with Crippen molar-refractivity contribution < 1.29 is 23.7 Å². The minimum Gasteiger partial charge on any atom is -0.467 e. The molecular weight excluding hydrogens is 488 g/mol. The van der Waals surface area contributed by atoms with Crippen molar-refractivity contribution in [2.24, 2.45) is 0 Å². The Bertz CT molecular complexity index is 1440. The second-order valence-electron chi connectivity index (χ2n) is 9.53. The lowest BCUT2D eigenvalue weighted by molar-refractivity contribution is -0.0165. The molecule has 3 aliphatic heterocycles. The minimum absolute atomic E-state index is 0.0232. The number of ether oxygens (including phenoxy) is 4. The van der Waals surface area contributed by atoms with E-state index in [1.165, 1.54) is 4.68 Å². The molecule has 0 N–H and O–H groups in total. The molecule has 1 amide bonds. The molecule has 0 radical (unpaired) electrons. The molecule has 1 fully saturated rings. The third kappa shape index (κ3) is 4.14. The number of aromatic nitrogens is 4. The van der Waals surface area contributed by atoms with Gasteiger partial charge in [-0.25, -0.2) is 4.79 Å². The number of pyridine rings is 1. The zero-order chi connectivity index (χ0) is 25.5. The highest BCUT2D eigenvalue weighted by atomic mass is 16.7. The first-order valence-corrected chi connectivity index (χ1v) is 12.6. The van der Waals surface area contributed by atoms with Crippen molar-refractivity contribution in [2.75, 3.05) is 39.8 Å². The third-order valence-electron chi connectivity index (χ3n) is 7.29. The van der Waals surface area contributed by atoms with Crippen LogP contribution < -0.4 is 9.47 Å². The number of hydrogen-bond donors (Lipinski definition) is 0. The van der Waals surface area contributed by atoms with Crippen LogP contribution in [0.1, 0.15) is 28.3 Å². The molecular formula is C27H26N6O5. The van der Waals surface area contributed by atoms with E-state index < -0.39 is 0 Å². The number of rotatable bonds is 3. The number of carbonyl (C=O) groups excluding carboxylic acids is 1. The lowest BCUT2D eigenvalue weighted by Gasteiger charge is -2.40. The first-order valence-electron chi connectivity index (χ1n) is 12.6. The van der Waals surface area contributed by atoms with E-state index in [1.807, 2.05) is 17.0 Å². The second-order valence-corrected chi connectivity index (χ2v) is 9.53. The van der Waals surface area contributed by atoms with E-state index in [2.05, 4.69) is 44.5 Å². The highest BCUT2D eigenvalue weighted by Gasteiger charge is 2.31. The van der Waals surface area contributed by atoms with Crippen molar-refractivity contribution in [3.63, 3.8) is 0 Å². The normalized spacial score (nSPS) is 17.6. The topological polar surface area (TPSA) is 104 Å². The van der Waals surface area contributed by atoms with Crippen LogP contribution in [0.15, 0.2) is 54.9 Å². The first kappa shape index (κ1) is 23.1. The average Bonchev–Trinajstić information content (AvgIpc) is 3.41. The molecule has 5 heterocycles. The summed E-state index contributed by atoms with van der Waals surface area (Å²) in [6, 6.07) is 14.2. The van der Waals surface area contributed by atoms with Crippen molar-refractivity contribution in [3.8, 4) is 11.5 Å². The summed E-state index contributed by atoms with van der Waals surface area (Å²) in [5.74, 6) is 1.72. The molecule has 38 heavy (non-hydrogen) atoms. The summed E-state index contributed by atoms with van der Waals surface area (Å²) in [6.07, 6.45) is 3.25. The minimum atomic E-state index is -0.180. The molecule has 1 saturated heterocycles. The van der Waals surface area contributed by atoms with Gasteiger partial charge in [0.2, 0.25) is 0 Å². The van der Waals surface area contributed by atoms with Crippen molar-refractivity contribution >= 4 is 17.1 Å². The van der Waals surface area contributed by atoms with Gasteiger partial charge in [0.1, 0.15) is 22.5 Å². The Hall–Kier alpha value is -4.06. The van der Waals surface area contributed by atoms with E-state index >= 15 is 0 Å². The molecule has 0 saturated carbocycles. The zero-order valence-electron chi connectivity index (χ0n) is 20.7. The van der Waals surface area contributed by atoms with Crippen LogP contribution in [0.25, 0.3) is 11.0 Å². The zero-order valence-corrected chi connectivity index (χ0v) is 20.7. The van der Waals surface area contributed by atoms with Gasteiger partial charge in [-0.05, 0) is 41.5 Å². The van der Waals surface area contributed by atoms with Gasteiger partial charge in [-0.15, -0.1) is 5.10 Å². The first-order chi connectivity index (χ1) is 18.7. The molecule has 0 aliphatic carbocycles. The van der Waals surface area contributed by atoms with Crippen molar-refractivity contribution in [3.05, 3.63) is 77.1 Å². The second kappa shape index (κ2) is 9.67. The van der Waals surface area contributed by atoms with Gasteiger partial charge >= 0.3 is 6.03 Å². The maximum atomic E-state index is 13.3. The average molecular weight is 515 g/mol. The fourth-order valence-electron chi connectivity index (χ4n) is 5.40. The molecule has 0 spiro atoms. The lowest BCUT2D eigenvalue weighted by Crippen LogP contribution is -2.51. The molecule has 2 aromatic carbocycles. The summed E-state index contributed by atoms with van der Waals surface area (Å²) in [5, 5.41) is 8.16. The van der Waals surface area contributed by atoms with Gasteiger partial charge in [-0.1, -0.05) is 17.3 Å². The quantitative estimate of drug-likeness (QED) is 0.408. The number of nitrogens with zero attached hydrogens (tertiary/aromatic N) is 6. The van der Waals surface area contributed by atoms with E-state index in [-0.39, 0.29) is 25.7 Å². The van der Waals surface area contributed by atoms with Gasteiger partial charge in [-0.2, -0.15) is 4.68 Å². The van der Waals surface area contributed by atoms with Gasteiger partial charge in [-0.3, -0.25) is 9.88 Å². The molecule has 7 rings (SSSR count). The number of benzene rings is 2. The number of hydrogen-bond acceptors (Lipinski definition) is 9. The van der Waals surface area contributed by atoms with Crippen molar-refractivity contribution in [2.45, 2.75) is 19.3 Å². The molecule has 194 valence electrons. The van der Waals surface area contributed by atoms with Crippen LogP contribution in [0, 0.1) is 0 Å². The van der Waals surface area contributed by atoms with Gasteiger partial charge in [0.15, 0.2) is 13.6 Å². The summed E-state index contributed by atoms with van der Waals surface area (Å²) in [5.41, 5.74) is 5.60. The molecule has 11 heteroatoms. The van der Waals surface area contributed by atoms with E-state index in [0.717, 1.165) is 33.8 Å². The predicted molar refractivity (Wildman–Crippen MR) is 135 cm³/mol. The van der Waals surface area contributed by atoms with E-state index in [0.29, 0.717) is 50.4 Å². The molecule has 4 aromatic rings. The number of carbonyl (C=O) groups is 1. The predicted octanol–water partition coefficient (Wildman–Crippen LogP) is 2.93. The van der Waals surface area contributed by atoms with Gasteiger partial charge in [0.25, 0.3) is 0 Å². The molecule has 3 aliphatic rings. The van der Waals surface area contributed by atoms with Crippen molar-refractivity contribution in [1.29, 1.82) is 0 Å². The van der Waals surface area contributed by atoms with Crippen LogP contribution in [-0.2, 0) is 22.7 Å². The van der Waals surface area contributed by atoms with Crippen LogP contribution in [0.2, 0.25) is 0 Å². The van der Waals surface area contributed by atoms with E-state index in [4.69, 9.17) is 18.9 Å². The Morgan fingerprint density at radius 3 is 2.16 bits per heavy atom. The fraction of sp³-hybridized carbons (Fsp3) is 0.333. The standard InChI is InChI=1S/C27H26N6O5/c34-27(33-23-5-6-28-13-22(23)29-30-33)32-9-7-31(8-10-32)26(18-1-3-24-20(11-18)14-35-16-37-24)19-2-4-25-21(12-19)15-36-17-38-25/h1-6,11-13,26H,7-10,14-17H2. The third-order valence-corrected chi connectivity index (χ3v) is 7.29. The highest BCUT2D eigenvalue weighted by molar-refractivity contribution is 5.87. The van der Waals surface area contributed by atoms with Gasteiger partial charge in [0, 0.05) is 43.5 Å². The molecule has 0 bridgehead atoms. The lowest BCUT2D eigenvalue weighted by atomic mass is 9.93. The molecule has 11 nitrogen and oxygen atoms in total. The highest BCUT2D eigenvalue weighted by Crippen LogP contribution is 2.36. The van der Waals surface area contributed by atoms with Crippen molar-refractivity contribution in [1.82, 2.24) is 29.8 Å². The number of piperazine rings is 1. The maximum absolute atomic E-state index is 13.3. The molecule has 0 unspecified atom stereocenters. The van der Waals surface area contributed by atoms with E-state index in [1.54, 1.807) is 18.5 Å². The molecule has 2 aromatic heterocycles. The van der Waals surface area contributed by atoms with Crippen LogP contribution in [0.5, 0.6) is 11.5 Å². The monoisotopic (exact) mass is 514 g/mol. The van der Waals surface area contributed by atoms with Crippen LogP contribution >= 0.6 is 0 Å². The number of amides is 1. The summed E-state index contributed by atoms with van der Waals surface area (Å²) in [4.78, 5) is 21.6. The largest absolute Gasteiger partial charge is 0.467 e. The van der Waals surface area contributed by atoms with E-state index in [9.17, 15) is 4.79 Å². The summed E-state index contributed by atoms with van der Waals surface area (Å²) >= 11 is 0. The maximum Gasteiger partial charge on any atom is 0.346 e. The Kier molecular flexibility index (Phi) is 5.88. The Labute approximate surface area is 218 Å². The fourth-order valence-corrected chi connectivity index (χ4v) is 5.40. The van der Waals surface area contributed by atoms with Gasteiger partial charge in [0.05, 0.1) is 25.5 Å². The Balaban J connectivity index is 1.17. The Morgan fingerprint density at radius 1 is 0.842 bits per heavy atom.